The molecule has 0 amide bonds. The topological polar surface area (TPSA) is 57.2 Å². The summed E-state index contributed by atoms with van der Waals surface area (Å²) >= 11 is 0. The van der Waals surface area contributed by atoms with Crippen LogP contribution in [-0.2, 0) is 18.9 Å². The van der Waals surface area contributed by atoms with Crippen LogP contribution in [0.1, 0.15) is 85.0 Å². The van der Waals surface area contributed by atoms with Gasteiger partial charge in [-0.3, -0.25) is 0 Å². The Kier molecular flexibility index (Phi) is 9.90. The van der Waals surface area contributed by atoms with Crippen LogP contribution in [0.15, 0.2) is 23.8 Å². The van der Waals surface area contributed by atoms with Crippen molar-refractivity contribution in [3.8, 4) is 11.8 Å². The number of rotatable bonds is 9. The first-order valence-corrected chi connectivity index (χ1v) is 13.9. The molecule has 35 heavy (non-hydrogen) atoms. The molecule has 2 saturated carbocycles. The molecule has 7 atom stereocenters. The van der Waals surface area contributed by atoms with E-state index in [9.17, 15) is 5.11 Å². The van der Waals surface area contributed by atoms with Crippen molar-refractivity contribution in [2.45, 2.75) is 110 Å². The van der Waals surface area contributed by atoms with Gasteiger partial charge in [0.15, 0.2) is 12.6 Å². The zero-order valence-corrected chi connectivity index (χ0v) is 22.0. The van der Waals surface area contributed by atoms with Gasteiger partial charge in [-0.05, 0) is 76.5 Å². The van der Waals surface area contributed by atoms with Crippen LogP contribution in [0.2, 0.25) is 0 Å². The monoisotopic (exact) mass is 486 g/mol. The number of aliphatic hydroxyl groups is 1. The van der Waals surface area contributed by atoms with E-state index < -0.39 is 0 Å². The van der Waals surface area contributed by atoms with Gasteiger partial charge in [-0.2, -0.15) is 0 Å². The van der Waals surface area contributed by atoms with E-state index in [2.05, 4.69) is 37.8 Å². The van der Waals surface area contributed by atoms with Crippen LogP contribution in [0, 0.1) is 35.0 Å². The lowest BCUT2D eigenvalue weighted by atomic mass is 9.81. The highest BCUT2D eigenvalue weighted by molar-refractivity contribution is 5.19. The van der Waals surface area contributed by atoms with E-state index in [-0.39, 0.29) is 36.8 Å². The summed E-state index contributed by atoms with van der Waals surface area (Å²) in [6.07, 6.45) is 17.0. The number of fused-ring (bicyclic) bond motifs is 1. The Morgan fingerprint density at radius 2 is 1.83 bits per heavy atom. The lowest BCUT2D eigenvalue weighted by Crippen LogP contribution is -2.36. The first-order chi connectivity index (χ1) is 17.0. The molecule has 5 heteroatoms. The Hall–Kier alpha value is -1.16. The fourth-order valence-electron chi connectivity index (χ4n) is 6.32. The average Bonchev–Trinajstić information content (AvgIpc) is 3.39. The van der Waals surface area contributed by atoms with Crippen LogP contribution in [0.25, 0.3) is 0 Å². The third-order valence-corrected chi connectivity index (χ3v) is 8.37. The summed E-state index contributed by atoms with van der Waals surface area (Å²) in [5, 5.41) is 9.45. The molecule has 4 fully saturated rings. The molecule has 4 aliphatic rings. The SMILES string of the molecule is CC#CCC(C)(C)[C@@H](C=C[C@@H]1[C@H]2CC(=CCO)C[C@H]2C[C@H]1OC1CCCCO1)OC1CCCCO1. The standard InChI is InChI=1S/C30H46O5/c1-4-5-15-30(2,3)27(35-29-11-7-9-18-33-29)13-12-24-25-20-22(14-16-31)19-23(25)21-26(24)34-28-10-6-8-17-32-28/h12-14,23-29,31H,6-11,15-21H2,1-3H3/t23-,24+,25-,26+,27+,28?,29?/m0/s1. The molecule has 2 aliphatic carbocycles. The highest BCUT2D eigenvalue weighted by Gasteiger charge is 2.47. The highest BCUT2D eigenvalue weighted by atomic mass is 16.7. The second-order valence-corrected chi connectivity index (χ2v) is 11.5. The minimum atomic E-state index is -0.142. The average molecular weight is 487 g/mol. The van der Waals surface area contributed by atoms with E-state index in [1.807, 2.05) is 13.0 Å². The minimum Gasteiger partial charge on any atom is -0.392 e. The number of ether oxygens (including phenoxy) is 4. The van der Waals surface area contributed by atoms with Crippen LogP contribution in [0.3, 0.4) is 0 Å². The molecular formula is C30H46O5. The molecule has 2 unspecified atom stereocenters. The van der Waals surface area contributed by atoms with Gasteiger partial charge in [0, 0.05) is 31.0 Å². The van der Waals surface area contributed by atoms with Gasteiger partial charge < -0.3 is 24.1 Å². The van der Waals surface area contributed by atoms with Gasteiger partial charge in [0.25, 0.3) is 0 Å². The van der Waals surface area contributed by atoms with Crippen molar-refractivity contribution in [2.75, 3.05) is 19.8 Å². The number of aliphatic hydroxyl groups excluding tert-OH is 1. The van der Waals surface area contributed by atoms with Crippen molar-refractivity contribution in [1.82, 2.24) is 0 Å². The molecule has 2 heterocycles. The smallest absolute Gasteiger partial charge is 0.158 e. The summed E-state index contributed by atoms with van der Waals surface area (Å²) < 4.78 is 25.1. The first kappa shape index (κ1) is 26.9. The van der Waals surface area contributed by atoms with E-state index in [1.54, 1.807) is 0 Å². The maximum Gasteiger partial charge on any atom is 0.158 e. The summed E-state index contributed by atoms with van der Waals surface area (Å²) in [7, 11) is 0. The zero-order valence-electron chi connectivity index (χ0n) is 22.0. The number of hydrogen-bond acceptors (Lipinski definition) is 5. The summed E-state index contributed by atoms with van der Waals surface area (Å²) in [6, 6.07) is 0. The van der Waals surface area contributed by atoms with Gasteiger partial charge in [-0.15, -0.1) is 11.8 Å². The second kappa shape index (κ2) is 12.9. The minimum absolute atomic E-state index is 0.0742. The molecule has 0 bridgehead atoms. The van der Waals surface area contributed by atoms with E-state index >= 15 is 0 Å². The third-order valence-electron chi connectivity index (χ3n) is 8.37. The van der Waals surface area contributed by atoms with Gasteiger partial charge in [0.2, 0.25) is 0 Å². The van der Waals surface area contributed by atoms with Crippen molar-refractivity contribution in [1.29, 1.82) is 0 Å². The Morgan fingerprint density at radius 3 is 2.49 bits per heavy atom. The maximum atomic E-state index is 9.45. The van der Waals surface area contributed by atoms with Gasteiger partial charge in [-0.1, -0.05) is 37.6 Å². The Bertz CT molecular complexity index is 778. The molecule has 0 spiro atoms. The van der Waals surface area contributed by atoms with Crippen LogP contribution in [0.4, 0.5) is 0 Å². The summed E-state index contributed by atoms with van der Waals surface area (Å²) in [5.41, 5.74) is 1.27. The lowest BCUT2D eigenvalue weighted by Gasteiger charge is -2.35. The van der Waals surface area contributed by atoms with Crippen molar-refractivity contribution in [2.24, 2.45) is 23.2 Å². The molecule has 5 nitrogen and oxygen atoms in total. The predicted molar refractivity (Wildman–Crippen MR) is 137 cm³/mol. The highest BCUT2D eigenvalue weighted by Crippen LogP contribution is 2.52. The van der Waals surface area contributed by atoms with E-state index in [0.717, 1.165) is 71.0 Å². The van der Waals surface area contributed by atoms with Crippen LogP contribution < -0.4 is 0 Å². The molecule has 0 aromatic rings. The van der Waals surface area contributed by atoms with E-state index in [1.165, 1.54) is 12.0 Å². The molecule has 2 aliphatic heterocycles. The molecule has 0 aromatic heterocycles. The van der Waals surface area contributed by atoms with Gasteiger partial charge in [-0.25, -0.2) is 0 Å². The van der Waals surface area contributed by atoms with Crippen molar-refractivity contribution in [3.05, 3.63) is 23.8 Å². The maximum absolute atomic E-state index is 9.45. The number of allylic oxidation sites excluding steroid dienone is 1. The molecule has 1 N–H and O–H groups in total. The molecule has 0 radical (unpaired) electrons. The van der Waals surface area contributed by atoms with Crippen LogP contribution in [0.5, 0.6) is 0 Å². The molecule has 2 saturated heterocycles. The van der Waals surface area contributed by atoms with Crippen molar-refractivity contribution >= 4 is 0 Å². The van der Waals surface area contributed by atoms with Gasteiger partial charge in [0.05, 0.1) is 18.8 Å². The van der Waals surface area contributed by atoms with Crippen LogP contribution in [-0.4, -0.2) is 49.7 Å². The van der Waals surface area contributed by atoms with E-state index in [0.29, 0.717) is 17.8 Å². The second-order valence-electron chi connectivity index (χ2n) is 11.5. The Morgan fingerprint density at radius 1 is 1.09 bits per heavy atom. The van der Waals surface area contributed by atoms with Crippen LogP contribution >= 0.6 is 0 Å². The predicted octanol–water partition coefficient (Wildman–Crippen LogP) is 5.77. The van der Waals surface area contributed by atoms with Crippen molar-refractivity contribution in [3.63, 3.8) is 0 Å². The summed E-state index contributed by atoms with van der Waals surface area (Å²) in [5.74, 6) is 7.81. The Labute approximate surface area is 212 Å². The molecule has 196 valence electrons. The third kappa shape index (κ3) is 7.21. The quantitative estimate of drug-likeness (QED) is 0.331. The fourth-order valence-corrected chi connectivity index (χ4v) is 6.32. The largest absolute Gasteiger partial charge is 0.392 e. The van der Waals surface area contributed by atoms with Gasteiger partial charge in [0.1, 0.15) is 0 Å². The zero-order chi connectivity index (χ0) is 24.7. The molecule has 4 rings (SSSR count). The molecule has 0 aromatic carbocycles. The summed E-state index contributed by atoms with van der Waals surface area (Å²) in [4.78, 5) is 0. The number of hydrogen-bond donors (Lipinski definition) is 1. The normalized spacial score (nSPS) is 35.7. The Balaban J connectivity index is 1.53. The van der Waals surface area contributed by atoms with E-state index in [4.69, 9.17) is 18.9 Å². The van der Waals surface area contributed by atoms with Gasteiger partial charge >= 0.3 is 0 Å². The fraction of sp³-hybridized carbons (Fsp3) is 0.800. The molecular weight excluding hydrogens is 440 g/mol. The first-order valence-electron chi connectivity index (χ1n) is 13.9. The van der Waals surface area contributed by atoms with Crippen molar-refractivity contribution < 1.29 is 24.1 Å². The summed E-state index contributed by atoms with van der Waals surface area (Å²) in [6.45, 7) is 8.10. The lowest BCUT2D eigenvalue weighted by molar-refractivity contribution is -0.197.